The molecule has 0 bridgehead atoms. The summed E-state index contributed by atoms with van der Waals surface area (Å²) in [5, 5.41) is 0. The third-order valence-corrected chi connectivity index (χ3v) is 5.75. The van der Waals surface area contributed by atoms with Crippen molar-refractivity contribution in [3.63, 3.8) is 0 Å². The van der Waals surface area contributed by atoms with Gasteiger partial charge in [0.2, 0.25) is 0 Å². The van der Waals surface area contributed by atoms with Crippen LogP contribution in [0.3, 0.4) is 0 Å². The Labute approximate surface area is 163 Å². The Morgan fingerprint density at radius 1 is 1.14 bits per heavy atom. The number of piperidine rings is 1. The summed E-state index contributed by atoms with van der Waals surface area (Å²) in [4.78, 5) is 30.4. The highest BCUT2D eigenvalue weighted by molar-refractivity contribution is 6.42. The van der Waals surface area contributed by atoms with Crippen LogP contribution in [0.25, 0.3) is 0 Å². The van der Waals surface area contributed by atoms with Crippen LogP contribution in [0.15, 0.2) is 48.8 Å². The summed E-state index contributed by atoms with van der Waals surface area (Å²) in [5.41, 5.74) is 7.83. The van der Waals surface area contributed by atoms with Gasteiger partial charge < -0.3 is 4.90 Å². The van der Waals surface area contributed by atoms with E-state index < -0.39 is 11.7 Å². The van der Waals surface area contributed by atoms with Crippen LogP contribution in [0.1, 0.15) is 34.7 Å². The highest BCUT2D eigenvalue weighted by Crippen LogP contribution is 2.32. The summed E-state index contributed by atoms with van der Waals surface area (Å²) < 4.78 is 13.6. The monoisotopic (exact) mass is 382 g/mol. The molecule has 4 rings (SSSR count). The minimum Gasteiger partial charge on any atom is -0.336 e. The van der Waals surface area contributed by atoms with Gasteiger partial charge in [-0.25, -0.2) is 4.39 Å². The number of Topliss-reactive ketones (excluding diaryl/α,β-unsaturated/α-hetero) is 1. The van der Waals surface area contributed by atoms with Crippen molar-refractivity contribution < 1.29 is 14.0 Å². The van der Waals surface area contributed by atoms with Crippen LogP contribution in [0.2, 0.25) is 0 Å². The molecule has 28 heavy (non-hydrogen) atoms. The predicted octanol–water partition coefficient (Wildman–Crippen LogP) is 1.90. The summed E-state index contributed by atoms with van der Waals surface area (Å²) in [6, 6.07) is 10.2. The SMILES string of the molecule is O=C(C(=O)N1CCC(C2NNCC2c2cccc(F)c2)CC1)c1cccnc1. The number of rotatable bonds is 4. The van der Waals surface area contributed by atoms with Crippen molar-refractivity contribution >= 4 is 11.7 Å². The van der Waals surface area contributed by atoms with Crippen molar-refractivity contribution in [3.8, 4) is 0 Å². The van der Waals surface area contributed by atoms with E-state index in [1.54, 1.807) is 35.4 Å². The van der Waals surface area contributed by atoms with E-state index in [0.717, 1.165) is 24.9 Å². The average molecular weight is 382 g/mol. The lowest BCUT2D eigenvalue weighted by Gasteiger charge is -2.36. The van der Waals surface area contributed by atoms with Crippen LogP contribution >= 0.6 is 0 Å². The molecule has 0 radical (unpaired) electrons. The quantitative estimate of drug-likeness (QED) is 0.624. The Morgan fingerprint density at radius 2 is 1.96 bits per heavy atom. The van der Waals surface area contributed by atoms with Crippen molar-refractivity contribution in [1.29, 1.82) is 0 Å². The number of pyridine rings is 1. The number of nitrogens with one attached hydrogen (secondary N) is 2. The van der Waals surface area contributed by atoms with Gasteiger partial charge in [0.1, 0.15) is 5.82 Å². The Hall–Kier alpha value is -2.64. The van der Waals surface area contributed by atoms with Crippen molar-refractivity contribution in [2.45, 2.75) is 24.8 Å². The summed E-state index contributed by atoms with van der Waals surface area (Å²) in [7, 11) is 0. The highest BCUT2D eigenvalue weighted by atomic mass is 19.1. The van der Waals surface area contributed by atoms with E-state index in [-0.39, 0.29) is 17.8 Å². The number of hydrogen-bond acceptors (Lipinski definition) is 5. The lowest BCUT2D eigenvalue weighted by atomic mass is 9.80. The maximum absolute atomic E-state index is 13.6. The number of carbonyl (C=O) groups is 2. The molecule has 2 atom stereocenters. The van der Waals surface area contributed by atoms with Crippen LogP contribution in [0.5, 0.6) is 0 Å². The molecule has 2 aromatic rings. The first-order valence-electron chi connectivity index (χ1n) is 9.61. The molecule has 0 saturated carbocycles. The largest absolute Gasteiger partial charge is 0.336 e. The van der Waals surface area contributed by atoms with Gasteiger partial charge in [-0.2, -0.15) is 0 Å². The number of aromatic nitrogens is 1. The molecule has 0 spiro atoms. The Kier molecular flexibility index (Phi) is 5.45. The summed E-state index contributed by atoms with van der Waals surface area (Å²) in [5.74, 6) is -0.672. The van der Waals surface area contributed by atoms with Crippen LogP contribution in [-0.4, -0.2) is 47.3 Å². The van der Waals surface area contributed by atoms with Gasteiger partial charge in [-0.05, 0) is 48.6 Å². The van der Waals surface area contributed by atoms with Crippen LogP contribution < -0.4 is 10.9 Å². The Bertz CT molecular complexity index is 852. The fourth-order valence-electron chi connectivity index (χ4n) is 4.25. The molecule has 2 aliphatic heterocycles. The molecule has 2 aliphatic rings. The third-order valence-electron chi connectivity index (χ3n) is 5.75. The Morgan fingerprint density at radius 3 is 2.68 bits per heavy atom. The van der Waals surface area contributed by atoms with Crippen molar-refractivity contribution in [2.75, 3.05) is 19.6 Å². The van der Waals surface area contributed by atoms with Crippen LogP contribution in [0, 0.1) is 11.7 Å². The average Bonchev–Trinajstić information content (AvgIpc) is 3.23. The molecule has 2 unspecified atom stereocenters. The maximum Gasteiger partial charge on any atom is 0.295 e. The molecule has 1 aromatic heterocycles. The number of amides is 1. The van der Waals surface area contributed by atoms with Gasteiger partial charge in [-0.3, -0.25) is 25.4 Å². The molecule has 3 heterocycles. The van der Waals surface area contributed by atoms with E-state index >= 15 is 0 Å². The molecule has 7 heteroatoms. The zero-order valence-electron chi connectivity index (χ0n) is 15.5. The third kappa shape index (κ3) is 3.81. The topological polar surface area (TPSA) is 74.3 Å². The molecular weight excluding hydrogens is 359 g/mol. The summed E-state index contributed by atoms with van der Waals surface area (Å²) in [6.07, 6.45) is 4.60. The first kappa shape index (κ1) is 18.7. The van der Waals surface area contributed by atoms with Gasteiger partial charge in [0.05, 0.1) is 0 Å². The van der Waals surface area contributed by atoms with Crippen molar-refractivity contribution in [1.82, 2.24) is 20.7 Å². The Balaban J connectivity index is 1.38. The first-order valence-corrected chi connectivity index (χ1v) is 9.61. The number of nitrogens with zero attached hydrogens (tertiary/aromatic N) is 2. The predicted molar refractivity (Wildman–Crippen MR) is 102 cm³/mol. The normalized spacial score (nSPS) is 23.0. The highest BCUT2D eigenvalue weighted by Gasteiger charge is 2.37. The number of benzene rings is 1. The molecule has 2 fully saturated rings. The molecule has 0 aliphatic carbocycles. The standard InChI is InChI=1S/C21H23FN4O2/c22-17-5-1-3-15(11-17)18-13-24-25-19(18)14-6-9-26(10-7-14)21(28)20(27)16-4-2-8-23-12-16/h1-5,8,11-12,14,18-19,24-25H,6-7,9-10,13H2. The molecular formula is C21H23FN4O2. The molecule has 1 amide bonds. The fraction of sp³-hybridized carbons (Fsp3) is 0.381. The molecule has 1 aromatic carbocycles. The maximum atomic E-state index is 13.6. The van der Waals surface area contributed by atoms with Crippen molar-refractivity contribution in [3.05, 3.63) is 65.7 Å². The number of carbonyl (C=O) groups excluding carboxylic acids is 2. The zero-order valence-corrected chi connectivity index (χ0v) is 15.5. The van der Waals surface area contributed by atoms with E-state index in [2.05, 4.69) is 15.8 Å². The second kappa shape index (κ2) is 8.16. The van der Waals surface area contributed by atoms with E-state index in [9.17, 15) is 14.0 Å². The van der Waals surface area contributed by atoms with E-state index in [1.807, 2.05) is 6.07 Å². The van der Waals surface area contributed by atoms with Gasteiger partial charge in [-0.1, -0.05) is 12.1 Å². The van der Waals surface area contributed by atoms with Gasteiger partial charge in [-0.15, -0.1) is 0 Å². The van der Waals surface area contributed by atoms with Gasteiger partial charge in [0, 0.05) is 49.6 Å². The molecule has 6 nitrogen and oxygen atoms in total. The van der Waals surface area contributed by atoms with E-state index in [0.29, 0.717) is 24.6 Å². The van der Waals surface area contributed by atoms with Gasteiger partial charge in [0.15, 0.2) is 0 Å². The van der Waals surface area contributed by atoms with Crippen LogP contribution in [-0.2, 0) is 4.79 Å². The van der Waals surface area contributed by atoms with Crippen molar-refractivity contribution in [2.24, 2.45) is 5.92 Å². The second-order valence-electron chi connectivity index (χ2n) is 7.41. The fourth-order valence-corrected chi connectivity index (χ4v) is 4.25. The van der Waals surface area contributed by atoms with E-state index in [1.165, 1.54) is 12.3 Å². The number of hydrazine groups is 1. The number of likely N-dealkylation sites (tertiary alicyclic amines) is 1. The number of hydrogen-bond donors (Lipinski definition) is 2. The summed E-state index contributed by atoms with van der Waals surface area (Å²) in [6.45, 7) is 1.83. The lowest BCUT2D eigenvalue weighted by molar-refractivity contribution is -0.127. The number of ketones is 1. The van der Waals surface area contributed by atoms with Gasteiger partial charge in [0.25, 0.3) is 11.7 Å². The molecule has 2 N–H and O–H groups in total. The molecule has 146 valence electrons. The lowest BCUT2D eigenvalue weighted by Crippen LogP contribution is -2.47. The smallest absolute Gasteiger partial charge is 0.295 e. The molecule has 2 saturated heterocycles. The minimum atomic E-state index is -0.509. The minimum absolute atomic E-state index is 0.174. The van der Waals surface area contributed by atoms with Gasteiger partial charge >= 0.3 is 0 Å². The first-order chi connectivity index (χ1) is 13.6. The van der Waals surface area contributed by atoms with Crippen LogP contribution in [0.4, 0.5) is 4.39 Å². The zero-order chi connectivity index (χ0) is 19.5. The number of halogens is 1. The second-order valence-corrected chi connectivity index (χ2v) is 7.41. The van der Waals surface area contributed by atoms with E-state index in [4.69, 9.17) is 0 Å². The summed E-state index contributed by atoms with van der Waals surface area (Å²) >= 11 is 0.